The van der Waals surface area contributed by atoms with Gasteiger partial charge < -0.3 is 5.11 Å². The predicted molar refractivity (Wildman–Crippen MR) is 103 cm³/mol. The van der Waals surface area contributed by atoms with Crippen LogP contribution in [-0.4, -0.2) is 34.8 Å². The standard InChI is InChI=1S/C19H30N4O2S/c1-2-13-26-15-18(24)20-19-14-22(21-25-19)23(16-9-5-3-6-10-16)17-11-7-4-8-12-17/h2,14,16-17H,1,3-13,15H2. The largest absolute Gasteiger partial charge is 0.861 e. The molecule has 0 saturated heterocycles. The van der Waals surface area contributed by atoms with Crippen LogP contribution in [0.15, 0.2) is 28.4 Å². The number of hydrogen-bond donors (Lipinski definition) is 0. The first-order valence-corrected chi connectivity index (χ1v) is 11.0. The normalized spacial score (nSPS) is 20.2. The molecule has 6 nitrogen and oxygen atoms in total. The van der Waals surface area contributed by atoms with Crippen LogP contribution in [0.4, 0.5) is 5.88 Å². The summed E-state index contributed by atoms with van der Waals surface area (Å²) in [7, 11) is 0. The van der Waals surface area contributed by atoms with Crippen molar-refractivity contribution in [1.29, 1.82) is 0 Å². The van der Waals surface area contributed by atoms with E-state index in [-0.39, 0.29) is 5.90 Å². The van der Waals surface area contributed by atoms with E-state index in [0.717, 1.165) is 5.75 Å². The molecule has 0 atom stereocenters. The molecular weight excluding hydrogens is 348 g/mol. The van der Waals surface area contributed by atoms with Crippen LogP contribution in [0.1, 0.15) is 64.2 Å². The summed E-state index contributed by atoms with van der Waals surface area (Å²) in [6.07, 6.45) is 16.2. The fourth-order valence-electron chi connectivity index (χ4n) is 4.10. The first-order valence-electron chi connectivity index (χ1n) is 9.88. The van der Waals surface area contributed by atoms with Crippen LogP contribution in [0.25, 0.3) is 0 Å². The minimum Gasteiger partial charge on any atom is -0.861 e. The maximum Gasteiger partial charge on any atom is 0.324 e. The van der Waals surface area contributed by atoms with Gasteiger partial charge >= 0.3 is 5.88 Å². The lowest BCUT2D eigenvalue weighted by molar-refractivity contribution is -0.766. The number of aliphatic imine (C=N–C) groups is 1. The molecule has 0 N–H and O–H groups in total. The lowest BCUT2D eigenvalue weighted by Gasteiger charge is -2.35. The molecule has 3 rings (SSSR count). The molecule has 1 aromatic heterocycles. The molecule has 2 aliphatic rings. The van der Waals surface area contributed by atoms with E-state index in [1.165, 1.54) is 76.0 Å². The monoisotopic (exact) mass is 378 g/mol. The number of thioether (sulfide) groups is 1. The molecule has 0 aliphatic heterocycles. The van der Waals surface area contributed by atoms with E-state index in [4.69, 9.17) is 4.52 Å². The Morgan fingerprint density at radius 2 is 1.85 bits per heavy atom. The third-order valence-corrected chi connectivity index (χ3v) is 6.20. The second kappa shape index (κ2) is 10.00. The van der Waals surface area contributed by atoms with Gasteiger partial charge in [0.05, 0.1) is 16.9 Å². The molecule has 2 saturated carbocycles. The molecular formula is C19H30N4O2S. The molecule has 1 heterocycles. The zero-order valence-corrected chi connectivity index (χ0v) is 16.3. The molecule has 0 unspecified atom stereocenters. The summed E-state index contributed by atoms with van der Waals surface area (Å²) in [6.45, 7) is 3.65. The molecule has 7 heteroatoms. The Bertz CT molecular complexity index is 574. The van der Waals surface area contributed by atoms with Gasteiger partial charge in [-0.25, -0.2) is 4.99 Å². The van der Waals surface area contributed by atoms with Crippen LogP contribution >= 0.6 is 11.8 Å². The van der Waals surface area contributed by atoms with Crippen LogP contribution in [0.3, 0.4) is 0 Å². The molecule has 1 aromatic rings. The highest BCUT2D eigenvalue weighted by atomic mass is 32.2. The van der Waals surface area contributed by atoms with Crippen molar-refractivity contribution in [2.75, 3.05) is 16.5 Å². The van der Waals surface area contributed by atoms with Gasteiger partial charge in [0.1, 0.15) is 0 Å². The van der Waals surface area contributed by atoms with E-state index in [0.29, 0.717) is 23.7 Å². The van der Waals surface area contributed by atoms with Crippen LogP contribution in [-0.2, 0) is 0 Å². The van der Waals surface area contributed by atoms with Gasteiger partial charge in [-0.15, -0.1) is 11.6 Å². The zero-order valence-electron chi connectivity index (χ0n) is 15.5. The van der Waals surface area contributed by atoms with Crippen molar-refractivity contribution in [2.45, 2.75) is 76.3 Å². The smallest absolute Gasteiger partial charge is 0.324 e. The van der Waals surface area contributed by atoms with E-state index in [1.54, 1.807) is 12.3 Å². The summed E-state index contributed by atoms with van der Waals surface area (Å²) >= 11 is 1.50. The highest BCUT2D eigenvalue weighted by Crippen LogP contribution is 2.27. The number of hydrogen-bond acceptors (Lipinski definition) is 6. The molecule has 2 aliphatic carbocycles. The Morgan fingerprint density at radius 3 is 2.42 bits per heavy atom. The van der Waals surface area contributed by atoms with E-state index in [9.17, 15) is 5.11 Å². The minimum absolute atomic E-state index is 0.193. The van der Waals surface area contributed by atoms with Crippen molar-refractivity contribution in [3.05, 3.63) is 18.9 Å². The molecule has 0 radical (unpaired) electrons. The van der Waals surface area contributed by atoms with Gasteiger partial charge in [-0.05, 0) is 31.6 Å². The average Bonchev–Trinajstić information content (AvgIpc) is 3.12. The van der Waals surface area contributed by atoms with Crippen LogP contribution in [0.5, 0.6) is 0 Å². The SMILES string of the molecule is C=CCSCC([O-])=Nc1c[n+](N(C2CCCCC2)C2CCCCC2)no1. The highest BCUT2D eigenvalue weighted by molar-refractivity contribution is 8.00. The average molecular weight is 379 g/mol. The van der Waals surface area contributed by atoms with Gasteiger partial charge in [-0.2, -0.15) is 11.8 Å². The summed E-state index contributed by atoms with van der Waals surface area (Å²) in [5.74, 6) is 1.18. The summed E-state index contributed by atoms with van der Waals surface area (Å²) in [5, 5.41) is 18.6. The summed E-state index contributed by atoms with van der Waals surface area (Å²) in [4.78, 5) is 5.88. The van der Waals surface area contributed by atoms with Crippen LogP contribution < -0.4 is 14.9 Å². The third kappa shape index (κ3) is 5.25. The number of nitrogens with zero attached hydrogens (tertiary/aromatic N) is 4. The molecule has 0 bridgehead atoms. The molecule has 26 heavy (non-hydrogen) atoms. The van der Waals surface area contributed by atoms with E-state index in [2.05, 4.69) is 21.9 Å². The second-order valence-electron chi connectivity index (χ2n) is 7.23. The quantitative estimate of drug-likeness (QED) is 0.229. The fourth-order valence-corrected chi connectivity index (χ4v) is 4.62. The topological polar surface area (TPSA) is 68.6 Å². The number of rotatable bonds is 8. The van der Waals surface area contributed by atoms with Gasteiger partial charge in [0.15, 0.2) is 0 Å². The van der Waals surface area contributed by atoms with Crippen molar-refractivity contribution in [3.8, 4) is 0 Å². The van der Waals surface area contributed by atoms with Crippen LogP contribution in [0.2, 0.25) is 0 Å². The van der Waals surface area contributed by atoms with Gasteiger partial charge in [-0.1, -0.05) is 44.6 Å². The molecule has 0 aromatic carbocycles. The second-order valence-corrected chi connectivity index (χ2v) is 8.26. The van der Waals surface area contributed by atoms with Crippen molar-refractivity contribution < 1.29 is 14.4 Å². The lowest BCUT2D eigenvalue weighted by atomic mass is 9.90. The highest BCUT2D eigenvalue weighted by Gasteiger charge is 2.36. The van der Waals surface area contributed by atoms with Crippen LogP contribution in [0, 0.1) is 0 Å². The first-order chi connectivity index (χ1) is 12.8. The lowest BCUT2D eigenvalue weighted by Crippen LogP contribution is -2.68. The van der Waals surface area contributed by atoms with Gasteiger partial charge in [0.2, 0.25) is 5.27 Å². The first kappa shape index (κ1) is 19.3. The van der Waals surface area contributed by atoms with Gasteiger partial charge in [0.25, 0.3) is 6.20 Å². The summed E-state index contributed by atoms with van der Waals surface area (Å²) in [5.41, 5.74) is 0. The molecule has 2 fully saturated rings. The molecule has 0 amide bonds. The Hall–Kier alpha value is -1.50. The van der Waals surface area contributed by atoms with E-state index in [1.807, 2.05) is 4.79 Å². The van der Waals surface area contributed by atoms with Gasteiger partial charge in [0, 0.05) is 11.5 Å². The Labute approximate surface area is 160 Å². The Kier molecular flexibility index (Phi) is 7.41. The number of aromatic nitrogens is 2. The van der Waals surface area contributed by atoms with Gasteiger partial charge in [-0.3, -0.25) is 4.52 Å². The maximum atomic E-state index is 11.9. The maximum absolute atomic E-state index is 11.9. The Balaban J connectivity index is 1.72. The predicted octanol–water partition coefficient (Wildman–Crippen LogP) is 2.88. The summed E-state index contributed by atoms with van der Waals surface area (Å²) in [6, 6.07) is 1.02. The van der Waals surface area contributed by atoms with E-state index < -0.39 is 0 Å². The van der Waals surface area contributed by atoms with Crippen molar-refractivity contribution in [1.82, 2.24) is 5.27 Å². The summed E-state index contributed by atoms with van der Waals surface area (Å²) < 4.78 is 5.36. The molecule has 144 valence electrons. The van der Waals surface area contributed by atoms with Crippen molar-refractivity contribution in [3.63, 3.8) is 0 Å². The molecule has 0 spiro atoms. The van der Waals surface area contributed by atoms with E-state index >= 15 is 0 Å². The zero-order chi connectivity index (χ0) is 18.2. The third-order valence-electron chi connectivity index (χ3n) is 5.27. The Morgan fingerprint density at radius 1 is 1.23 bits per heavy atom. The van der Waals surface area contributed by atoms with Crippen molar-refractivity contribution >= 4 is 23.5 Å². The van der Waals surface area contributed by atoms with Crippen molar-refractivity contribution in [2.24, 2.45) is 4.99 Å². The minimum atomic E-state index is -0.193. The fraction of sp³-hybridized carbons (Fsp3) is 0.737.